The van der Waals surface area contributed by atoms with Crippen LogP contribution in [0.15, 0.2) is 54.4 Å². The summed E-state index contributed by atoms with van der Waals surface area (Å²) in [6.45, 7) is 3.15. The number of nitrogens with zero attached hydrogens (tertiary/aromatic N) is 2. The summed E-state index contributed by atoms with van der Waals surface area (Å²) < 4.78 is 29.5. The van der Waals surface area contributed by atoms with E-state index in [0.29, 0.717) is 6.42 Å². The first-order valence-electron chi connectivity index (χ1n) is 8.83. The molecule has 0 bridgehead atoms. The van der Waals surface area contributed by atoms with Crippen molar-refractivity contribution >= 4 is 37.6 Å². The third kappa shape index (κ3) is 3.39. The summed E-state index contributed by atoms with van der Waals surface area (Å²) in [7, 11) is -3.44. The SMILES string of the molecule is CCn1c2ccccc2c2cc(N3NNC=C3CCOS(C)(=O)=O)ccc21. The van der Waals surface area contributed by atoms with Gasteiger partial charge in [-0.3, -0.25) is 9.19 Å². The second-order valence-corrected chi connectivity index (χ2v) is 8.11. The number of benzene rings is 2. The lowest BCUT2D eigenvalue weighted by atomic mass is 10.1. The standard InChI is InChI=1S/C19H22N4O3S/c1-3-22-18-7-5-4-6-16(18)17-12-14(8-9-19(17)22)23-15(13-20-21-23)10-11-26-27(2,24)25/h4-9,12-13,20-21H,3,10-11H2,1-2H3. The highest BCUT2D eigenvalue weighted by molar-refractivity contribution is 7.85. The second kappa shape index (κ2) is 6.88. The van der Waals surface area contributed by atoms with Crippen molar-refractivity contribution in [2.75, 3.05) is 17.9 Å². The number of nitrogens with one attached hydrogen (secondary N) is 2. The molecule has 1 aromatic heterocycles. The molecule has 0 atom stereocenters. The number of para-hydroxylation sites is 1. The fraction of sp³-hybridized carbons (Fsp3) is 0.263. The van der Waals surface area contributed by atoms with Gasteiger partial charge in [-0.2, -0.15) is 8.42 Å². The molecule has 0 aliphatic carbocycles. The van der Waals surface area contributed by atoms with E-state index in [1.807, 2.05) is 11.2 Å². The zero-order chi connectivity index (χ0) is 19.0. The smallest absolute Gasteiger partial charge is 0.264 e. The molecule has 2 N–H and O–H groups in total. The van der Waals surface area contributed by atoms with E-state index in [0.717, 1.165) is 24.2 Å². The fourth-order valence-corrected chi connectivity index (χ4v) is 3.94. The summed E-state index contributed by atoms with van der Waals surface area (Å²) in [4.78, 5) is 0. The Morgan fingerprint density at radius 1 is 1.07 bits per heavy atom. The van der Waals surface area contributed by atoms with Gasteiger partial charge in [-0.05, 0) is 31.2 Å². The molecule has 4 rings (SSSR count). The molecule has 142 valence electrons. The normalized spacial score (nSPS) is 14.7. The summed E-state index contributed by atoms with van der Waals surface area (Å²) >= 11 is 0. The molecule has 0 saturated carbocycles. The number of aryl methyl sites for hydroxylation is 1. The monoisotopic (exact) mass is 386 g/mol. The average Bonchev–Trinajstić information content (AvgIpc) is 3.22. The van der Waals surface area contributed by atoms with E-state index in [1.165, 1.54) is 21.8 Å². The minimum atomic E-state index is -3.44. The van der Waals surface area contributed by atoms with Crippen LogP contribution in [0.2, 0.25) is 0 Å². The Morgan fingerprint density at radius 2 is 1.85 bits per heavy atom. The Balaban J connectivity index is 1.68. The molecule has 8 heteroatoms. The molecule has 27 heavy (non-hydrogen) atoms. The van der Waals surface area contributed by atoms with Crippen molar-refractivity contribution in [1.29, 1.82) is 0 Å². The van der Waals surface area contributed by atoms with Crippen LogP contribution in [-0.4, -0.2) is 25.8 Å². The van der Waals surface area contributed by atoms with E-state index in [2.05, 4.69) is 64.9 Å². The Kier molecular flexibility index (Phi) is 4.55. The van der Waals surface area contributed by atoms with E-state index < -0.39 is 10.1 Å². The van der Waals surface area contributed by atoms with Gasteiger partial charge in [0, 0.05) is 41.0 Å². The quantitative estimate of drug-likeness (QED) is 0.635. The van der Waals surface area contributed by atoms with Crippen molar-refractivity contribution in [1.82, 2.24) is 15.5 Å². The van der Waals surface area contributed by atoms with Gasteiger partial charge in [0.25, 0.3) is 10.1 Å². The molecule has 0 amide bonds. The Hall–Kier alpha value is -2.55. The summed E-state index contributed by atoms with van der Waals surface area (Å²) in [5.74, 6) is 0. The molecule has 0 fully saturated rings. The molecule has 0 spiro atoms. The third-order valence-corrected chi connectivity index (χ3v) is 5.28. The van der Waals surface area contributed by atoms with Crippen LogP contribution in [0.5, 0.6) is 0 Å². The largest absolute Gasteiger partial charge is 0.341 e. The van der Waals surface area contributed by atoms with Gasteiger partial charge in [0.2, 0.25) is 0 Å². The van der Waals surface area contributed by atoms with Crippen LogP contribution in [0.25, 0.3) is 21.8 Å². The van der Waals surface area contributed by atoms with E-state index in [-0.39, 0.29) is 6.61 Å². The lowest BCUT2D eigenvalue weighted by Gasteiger charge is -2.21. The van der Waals surface area contributed by atoms with Gasteiger partial charge in [-0.15, -0.1) is 5.53 Å². The summed E-state index contributed by atoms with van der Waals surface area (Å²) in [6.07, 6.45) is 3.33. The molecule has 0 unspecified atom stereocenters. The van der Waals surface area contributed by atoms with Crippen LogP contribution >= 0.6 is 0 Å². The maximum atomic E-state index is 11.2. The maximum Gasteiger partial charge on any atom is 0.264 e. The topological polar surface area (TPSA) is 75.6 Å². The van der Waals surface area contributed by atoms with E-state index >= 15 is 0 Å². The lowest BCUT2D eigenvalue weighted by Crippen LogP contribution is -2.37. The third-order valence-electron chi connectivity index (χ3n) is 4.69. The van der Waals surface area contributed by atoms with Crippen LogP contribution < -0.4 is 16.0 Å². The highest BCUT2D eigenvalue weighted by Gasteiger charge is 2.19. The van der Waals surface area contributed by atoms with E-state index in [9.17, 15) is 8.42 Å². The van der Waals surface area contributed by atoms with Crippen molar-refractivity contribution < 1.29 is 12.6 Å². The van der Waals surface area contributed by atoms with Crippen LogP contribution in [0.4, 0.5) is 5.69 Å². The Bertz CT molecular complexity index is 1130. The minimum Gasteiger partial charge on any atom is -0.341 e. The van der Waals surface area contributed by atoms with E-state index in [1.54, 1.807) is 0 Å². The highest BCUT2D eigenvalue weighted by Crippen LogP contribution is 2.33. The average molecular weight is 386 g/mol. The molecule has 2 aromatic carbocycles. The number of hydrogen-bond donors (Lipinski definition) is 2. The van der Waals surface area contributed by atoms with Crippen molar-refractivity contribution in [3.63, 3.8) is 0 Å². The van der Waals surface area contributed by atoms with Gasteiger partial charge in [0.05, 0.1) is 24.2 Å². The molecule has 0 saturated heterocycles. The first-order valence-corrected chi connectivity index (χ1v) is 10.7. The molecular weight excluding hydrogens is 364 g/mol. The van der Waals surface area contributed by atoms with Gasteiger partial charge < -0.3 is 9.99 Å². The van der Waals surface area contributed by atoms with Gasteiger partial charge in [-0.1, -0.05) is 18.2 Å². The minimum absolute atomic E-state index is 0.0991. The molecule has 1 aliphatic heterocycles. The molecular formula is C19H22N4O3S. The molecule has 3 aromatic rings. The van der Waals surface area contributed by atoms with Gasteiger partial charge in [0.15, 0.2) is 0 Å². The molecule has 2 heterocycles. The lowest BCUT2D eigenvalue weighted by molar-refractivity contribution is 0.324. The summed E-state index contributed by atoms with van der Waals surface area (Å²) in [5.41, 5.74) is 10.3. The maximum absolute atomic E-state index is 11.2. The zero-order valence-corrected chi connectivity index (χ0v) is 16.1. The van der Waals surface area contributed by atoms with Crippen LogP contribution in [0, 0.1) is 0 Å². The van der Waals surface area contributed by atoms with E-state index in [4.69, 9.17) is 4.18 Å². The second-order valence-electron chi connectivity index (χ2n) is 6.47. The fourth-order valence-electron chi connectivity index (χ4n) is 3.55. The Labute approximate surface area is 158 Å². The zero-order valence-electron chi connectivity index (χ0n) is 15.3. The van der Waals surface area contributed by atoms with Crippen molar-refractivity contribution in [2.45, 2.75) is 19.9 Å². The first kappa shape index (κ1) is 17.8. The molecule has 1 aliphatic rings. The van der Waals surface area contributed by atoms with Crippen molar-refractivity contribution in [3.8, 4) is 0 Å². The van der Waals surface area contributed by atoms with Gasteiger partial charge in [0.1, 0.15) is 0 Å². The number of aromatic nitrogens is 1. The predicted molar refractivity (Wildman–Crippen MR) is 107 cm³/mol. The number of fused-ring (bicyclic) bond motifs is 3. The molecule has 0 radical (unpaired) electrons. The highest BCUT2D eigenvalue weighted by atomic mass is 32.2. The molecule has 7 nitrogen and oxygen atoms in total. The van der Waals surface area contributed by atoms with Crippen LogP contribution in [0.1, 0.15) is 13.3 Å². The van der Waals surface area contributed by atoms with Crippen LogP contribution in [0.3, 0.4) is 0 Å². The number of anilines is 1. The number of hydrogen-bond acceptors (Lipinski definition) is 6. The first-order chi connectivity index (χ1) is 13.0. The number of hydrazine groups is 2. The van der Waals surface area contributed by atoms with Gasteiger partial charge >= 0.3 is 0 Å². The van der Waals surface area contributed by atoms with Crippen LogP contribution in [-0.2, 0) is 20.8 Å². The van der Waals surface area contributed by atoms with Crippen molar-refractivity contribution in [2.24, 2.45) is 0 Å². The number of rotatable bonds is 6. The summed E-state index contributed by atoms with van der Waals surface area (Å²) in [6, 6.07) is 14.7. The predicted octanol–water partition coefficient (Wildman–Crippen LogP) is 2.85. The summed E-state index contributed by atoms with van der Waals surface area (Å²) in [5, 5.41) is 4.31. The Morgan fingerprint density at radius 3 is 2.63 bits per heavy atom. The van der Waals surface area contributed by atoms with Crippen molar-refractivity contribution in [3.05, 3.63) is 54.4 Å². The van der Waals surface area contributed by atoms with Gasteiger partial charge in [-0.25, -0.2) is 0 Å².